The molecule has 0 bridgehead atoms. The molecular weight excluding hydrogens is 384 g/mol. The first-order valence-electron chi connectivity index (χ1n) is 9.98. The van der Waals surface area contributed by atoms with E-state index in [2.05, 4.69) is 20.1 Å². The van der Waals surface area contributed by atoms with Gasteiger partial charge in [0.1, 0.15) is 5.69 Å². The highest BCUT2D eigenvalue weighted by Crippen LogP contribution is 2.39. The van der Waals surface area contributed by atoms with Gasteiger partial charge in [0.15, 0.2) is 11.5 Å². The third-order valence-corrected chi connectivity index (χ3v) is 5.31. The van der Waals surface area contributed by atoms with Crippen molar-refractivity contribution in [2.24, 2.45) is 0 Å². The minimum absolute atomic E-state index is 0.200. The van der Waals surface area contributed by atoms with Crippen LogP contribution >= 0.6 is 0 Å². The summed E-state index contributed by atoms with van der Waals surface area (Å²) >= 11 is 0. The molecular formula is C22H26N4O4. The van der Waals surface area contributed by atoms with Crippen molar-refractivity contribution in [3.63, 3.8) is 0 Å². The van der Waals surface area contributed by atoms with Crippen LogP contribution in [0.2, 0.25) is 0 Å². The largest absolute Gasteiger partial charge is 0.493 e. The van der Waals surface area contributed by atoms with Gasteiger partial charge in [-0.05, 0) is 49.2 Å². The summed E-state index contributed by atoms with van der Waals surface area (Å²) in [6.07, 6.45) is 3.81. The van der Waals surface area contributed by atoms with Gasteiger partial charge in [-0.15, -0.1) is 10.2 Å². The first-order chi connectivity index (χ1) is 14.7. The number of likely N-dealkylation sites (tertiary alicyclic amines) is 1. The first-order valence-corrected chi connectivity index (χ1v) is 9.98. The smallest absolute Gasteiger partial charge is 0.266 e. The molecule has 158 valence electrons. The number of hydrogen-bond acceptors (Lipinski definition) is 8. The van der Waals surface area contributed by atoms with E-state index >= 15 is 0 Å². The van der Waals surface area contributed by atoms with Gasteiger partial charge in [-0.3, -0.25) is 9.88 Å². The van der Waals surface area contributed by atoms with Crippen LogP contribution in [0.1, 0.15) is 30.2 Å². The van der Waals surface area contributed by atoms with Crippen molar-refractivity contribution in [1.82, 2.24) is 20.1 Å². The Balaban J connectivity index is 1.48. The van der Waals surface area contributed by atoms with Gasteiger partial charge in [0, 0.05) is 19.3 Å². The van der Waals surface area contributed by atoms with E-state index in [1.54, 1.807) is 27.5 Å². The van der Waals surface area contributed by atoms with Crippen molar-refractivity contribution in [2.45, 2.75) is 25.3 Å². The van der Waals surface area contributed by atoms with E-state index in [0.717, 1.165) is 38.0 Å². The second-order valence-corrected chi connectivity index (χ2v) is 7.27. The summed E-state index contributed by atoms with van der Waals surface area (Å²) in [5.41, 5.74) is 1.80. The monoisotopic (exact) mass is 410 g/mol. The van der Waals surface area contributed by atoms with Crippen molar-refractivity contribution in [3.05, 3.63) is 48.0 Å². The maximum Gasteiger partial charge on any atom is 0.266 e. The fourth-order valence-corrected chi connectivity index (χ4v) is 3.88. The van der Waals surface area contributed by atoms with Crippen LogP contribution in [0.5, 0.6) is 17.2 Å². The fraction of sp³-hybridized carbons (Fsp3) is 0.409. The Morgan fingerprint density at radius 1 is 1.07 bits per heavy atom. The lowest BCUT2D eigenvalue weighted by molar-refractivity contribution is 0.186. The molecule has 8 nitrogen and oxygen atoms in total. The number of ether oxygens (including phenoxy) is 3. The Morgan fingerprint density at radius 3 is 2.53 bits per heavy atom. The average Bonchev–Trinajstić information content (AvgIpc) is 3.29. The van der Waals surface area contributed by atoms with Crippen LogP contribution in [0.15, 0.2) is 40.9 Å². The van der Waals surface area contributed by atoms with Gasteiger partial charge >= 0.3 is 0 Å². The van der Waals surface area contributed by atoms with Crippen LogP contribution in [0.4, 0.5) is 0 Å². The standard InChI is InChI=1S/C22H26N4O4/c1-27-18-11-15(12-19(28-2)20(18)29-3)13-26-10-6-7-16(14-26)21-24-25-22(30-21)17-8-4-5-9-23-17/h4-5,8-9,11-12,16H,6-7,10,13-14H2,1-3H3. The second kappa shape index (κ2) is 9.13. The lowest BCUT2D eigenvalue weighted by Crippen LogP contribution is -2.34. The summed E-state index contributed by atoms with van der Waals surface area (Å²) in [7, 11) is 4.87. The van der Waals surface area contributed by atoms with Crippen molar-refractivity contribution in [1.29, 1.82) is 0 Å². The molecule has 1 aliphatic rings. The molecule has 1 atom stereocenters. The molecule has 4 rings (SSSR count). The Kier molecular flexibility index (Phi) is 6.13. The van der Waals surface area contributed by atoms with E-state index in [1.807, 2.05) is 30.3 Å². The normalized spacial score (nSPS) is 17.0. The number of hydrogen-bond donors (Lipinski definition) is 0. The van der Waals surface area contributed by atoms with Gasteiger partial charge in [0.05, 0.1) is 27.2 Å². The van der Waals surface area contributed by atoms with E-state index in [4.69, 9.17) is 18.6 Å². The number of rotatable bonds is 7. The van der Waals surface area contributed by atoms with Crippen LogP contribution in [-0.2, 0) is 6.54 Å². The van der Waals surface area contributed by atoms with E-state index in [-0.39, 0.29) is 5.92 Å². The number of nitrogens with zero attached hydrogens (tertiary/aromatic N) is 4. The zero-order valence-electron chi connectivity index (χ0n) is 17.5. The fourth-order valence-electron chi connectivity index (χ4n) is 3.88. The number of piperidine rings is 1. The van der Waals surface area contributed by atoms with E-state index in [9.17, 15) is 0 Å². The van der Waals surface area contributed by atoms with Crippen molar-refractivity contribution < 1.29 is 18.6 Å². The highest BCUT2D eigenvalue weighted by atomic mass is 16.5. The van der Waals surface area contributed by atoms with Gasteiger partial charge in [-0.2, -0.15) is 0 Å². The predicted octanol–water partition coefficient (Wildman–Crippen LogP) is 3.54. The van der Waals surface area contributed by atoms with Crippen LogP contribution < -0.4 is 14.2 Å². The molecule has 0 N–H and O–H groups in total. The summed E-state index contributed by atoms with van der Waals surface area (Å²) in [5, 5.41) is 8.49. The highest BCUT2D eigenvalue weighted by molar-refractivity contribution is 5.53. The van der Waals surface area contributed by atoms with Crippen LogP contribution in [-0.4, -0.2) is 54.5 Å². The minimum atomic E-state index is 0.200. The van der Waals surface area contributed by atoms with Gasteiger partial charge < -0.3 is 18.6 Å². The lowest BCUT2D eigenvalue weighted by Gasteiger charge is -2.31. The molecule has 0 spiro atoms. The van der Waals surface area contributed by atoms with Crippen LogP contribution in [0, 0.1) is 0 Å². The Bertz CT molecular complexity index is 951. The molecule has 8 heteroatoms. The topological polar surface area (TPSA) is 82.7 Å². The molecule has 1 fully saturated rings. The summed E-state index contributed by atoms with van der Waals surface area (Å²) in [4.78, 5) is 6.67. The maximum absolute atomic E-state index is 5.94. The summed E-state index contributed by atoms with van der Waals surface area (Å²) in [6, 6.07) is 9.64. The van der Waals surface area contributed by atoms with Crippen molar-refractivity contribution >= 4 is 0 Å². The molecule has 3 heterocycles. The van der Waals surface area contributed by atoms with Crippen LogP contribution in [0.25, 0.3) is 11.6 Å². The molecule has 1 aromatic carbocycles. The molecule has 0 aliphatic carbocycles. The minimum Gasteiger partial charge on any atom is -0.493 e. The van der Waals surface area contributed by atoms with E-state index < -0.39 is 0 Å². The van der Waals surface area contributed by atoms with Gasteiger partial charge in [-0.1, -0.05) is 6.07 Å². The summed E-state index contributed by atoms with van der Waals surface area (Å²) in [6.45, 7) is 2.63. The summed E-state index contributed by atoms with van der Waals surface area (Å²) in [5.74, 6) is 3.27. The molecule has 0 amide bonds. The SMILES string of the molecule is COc1cc(CN2CCCC(c3nnc(-c4ccccn4)o3)C2)cc(OC)c1OC. The molecule has 1 unspecified atom stereocenters. The molecule has 0 saturated carbocycles. The number of pyridine rings is 1. The van der Waals surface area contributed by atoms with Crippen molar-refractivity contribution in [3.8, 4) is 28.8 Å². The predicted molar refractivity (Wildman–Crippen MR) is 111 cm³/mol. The van der Waals surface area contributed by atoms with Gasteiger partial charge in [0.2, 0.25) is 11.6 Å². The van der Waals surface area contributed by atoms with Crippen LogP contribution in [0.3, 0.4) is 0 Å². The van der Waals surface area contributed by atoms with Crippen molar-refractivity contribution in [2.75, 3.05) is 34.4 Å². The van der Waals surface area contributed by atoms with Gasteiger partial charge in [-0.25, -0.2) is 0 Å². The third-order valence-electron chi connectivity index (χ3n) is 5.31. The Labute approximate surface area is 175 Å². The number of benzene rings is 1. The highest BCUT2D eigenvalue weighted by Gasteiger charge is 2.27. The second-order valence-electron chi connectivity index (χ2n) is 7.27. The molecule has 0 radical (unpaired) electrons. The lowest BCUT2D eigenvalue weighted by atomic mass is 9.97. The number of aromatic nitrogens is 3. The molecule has 1 saturated heterocycles. The quantitative estimate of drug-likeness (QED) is 0.585. The van der Waals surface area contributed by atoms with E-state index in [1.165, 1.54) is 0 Å². The first kappa shape index (κ1) is 20.2. The van der Waals surface area contributed by atoms with Gasteiger partial charge in [0.25, 0.3) is 5.89 Å². The average molecular weight is 410 g/mol. The molecule has 2 aromatic heterocycles. The molecule has 30 heavy (non-hydrogen) atoms. The molecule has 1 aliphatic heterocycles. The Morgan fingerprint density at radius 2 is 1.87 bits per heavy atom. The number of methoxy groups -OCH3 is 3. The molecule has 3 aromatic rings. The Hall–Kier alpha value is -3.13. The zero-order chi connectivity index (χ0) is 20.9. The summed E-state index contributed by atoms with van der Waals surface area (Å²) < 4.78 is 22.3. The third kappa shape index (κ3) is 4.23. The van der Waals surface area contributed by atoms with E-state index in [0.29, 0.717) is 34.7 Å². The maximum atomic E-state index is 5.94. The zero-order valence-corrected chi connectivity index (χ0v) is 17.5.